The summed E-state index contributed by atoms with van der Waals surface area (Å²) >= 11 is 0. The van der Waals surface area contributed by atoms with Gasteiger partial charge in [0.15, 0.2) is 6.29 Å². The number of esters is 1. The van der Waals surface area contributed by atoms with Crippen molar-refractivity contribution in [1.82, 2.24) is 0 Å². The fourth-order valence-electron chi connectivity index (χ4n) is 1.66. The Hall–Kier alpha value is -1.81. The third-order valence-electron chi connectivity index (χ3n) is 2.61. The highest BCUT2D eigenvalue weighted by molar-refractivity contribution is 5.81. The van der Waals surface area contributed by atoms with Crippen LogP contribution in [-0.4, -0.2) is 25.5 Å². The van der Waals surface area contributed by atoms with Crippen molar-refractivity contribution in [2.75, 3.05) is 13.2 Å². The number of carbonyl (C=O) groups is 1. The number of rotatable bonds is 9. The van der Waals surface area contributed by atoms with Crippen LogP contribution in [0.25, 0.3) is 0 Å². The molecule has 0 saturated carbocycles. The van der Waals surface area contributed by atoms with Gasteiger partial charge in [0.2, 0.25) is 0 Å². The highest BCUT2D eigenvalue weighted by Crippen LogP contribution is 2.15. The van der Waals surface area contributed by atoms with E-state index in [9.17, 15) is 4.79 Å². The molecule has 0 spiro atoms. The first-order valence-electron chi connectivity index (χ1n) is 6.82. The van der Waals surface area contributed by atoms with Crippen molar-refractivity contribution in [2.24, 2.45) is 0 Å². The molecule has 0 heterocycles. The Balaban J connectivity index is 2.25. The maximum absolute atomic E-state index is 10.8. The Morgan fingerprint density at radius 1 is 1.30 bits per heavy atom. The second-order valence-electron chi connectivity index (χ2n) is 4.32. The number of carbonyl (C=O) groups excluding carboxylic acids is 1. The lowest BCUT2D eigenvalue weighted by atomic mass is 10.1. The molecular formula is C16H22O4. The van der Waals surface area contributed by atoms with E-state index in [2.05, 4.69) is 25.6 Å². The van der Waals surface area contributed by atoms with Gasteiger partial charge >= 0.3 is 5.97 Å². The summed E-state index contributed by atoms with van der Waals surface area (Å²) in [7, 11) is 0. The fourth-order valence-corrected chi connectivity index (χ4v) is 1.66. The van der Waals surface area contributed by atoms with Crippen LogP contribution in [0.4, 0.5) is 0 Å². The van der Waals surface area contributed by atoms with Gasteiger partial charge in [-0.05, 0) is 31.0 Å². The molecule has 0 N–H and O–H groups in total. The largest absolute Gasteiger partial charge is 0.465 e. The SMILES string of the molecule is C=CC(=O)OCCOC(C)Oc1ccc(CCC)cc1. The molecule has 1 unspecified atom stereocenters. The zero-order chi connectivity index (χ0) is 14.8. The van der Waals surface area contributed by atoms with E-state index in [0.717, 1.165) is 24.7 Å². The van der Waals surface area contributed by atoms with Crippen molar-refractivity contribution in [2.45, 2.75) is 33.0 Å². The second-order valence-corrected chi connectivity index (χ2v) is 4.32. The molecule has 110 valence electrons. The van der Waals surface area contributed by atoms with Gasteiger partial charge in [-0.3, -0.25) is 0 Å². The number of hydrogen-bond acceptors (Lipinski definition) is 4. The predicted octanol–water partition coefficient (Wildman–Crippen LogP) is 3.11. The van der Waals surface area contributed by atoms with E-state index in [1.54, 1.807) is 6.92 Å². The molecule has 0 aliphatic rings. The van der Waals surface area contributed by atoms with Gasteiger partial charge < -0.3 is 14.2 Å². The molecule has 0 aliphatic carbocycles. The zero-order valence-electron chi connectivity index (χ0n) is 12.1. The van der Waals surface area contributed by atoms with Crippen LogP contribution < -0.4 is 4.74 Å². The Bertz CT molecular complexity index is 411. The third kappa shape index (κ3) is 6.38. The topological polar surface area (TPSA) is 44.8 Å². The van der Waals surface area contributed by atoms with Crippen molar-refractivity contribution in [3.05, 3.63) is 42.5 Å². The third-order valence-corrected chi connectivity index (χ3v) is 2.61. The number of ether oxygens (including phenoxy) is 3. The van der Waals surface area contributed by atoms with Gasteiger partial charge in [-0.2, -0.15) is 0 Å². The fraction of sp³-hybridized carbons (Fsp3) is 0.438. The van der Waals surface area contributed by atoms with E-state index in [0.29, 0.717) is 0 Å². The average molecular weight is 278 g/mol. The first-order chi connectivity index (χ1) is 9.65. The Kier molecular flexibility index (Phi) is 7.43. The molecule has 4 heteroatoms. The van der Waals surface area contributed by atoms with E-state index in [1.807, 2.05) is 12.1 Å². The smallest absolute Gasteiger partial charge is 0.330 e. The van der Waals surface area contributed by atoms with Gasteiger partial charge in [0, 0.05) is 6.08 Å². The second kappa shape index (κ2) is 9.15. The van der Waals surface area contributed by atoms with Crippen LogP contribution in [0.2, 0.25) is 0 Å². The van der Waals surface area contributed by atoms with E-state index in [1.165, 1.54) is 5.56 Å². The molecule has 0 saturated heterocycles. The standard InChI is InChI=1S/C16H22O4/c1-4-6-14-7-9-15(10-8-14)20-13(3)18-11-12-19-16(17)5-2/h5,7-10,13H,2,4,6,11-12H2,1,3H3. The number of benzene rings is 1. The Labute approximate surface area is 120 Å². The molecule has 1 rings (SSSR count). The quantitative estimate of drug-likeness (QED) is 0.301. The Morgan fingerprint density at radius 2 is 2.00 bits per heavy atom. The molecule has 1 aromatic rings. The predicted molar refractivity (Wildman–Crippen MR) is 77.6 cm³/mol. The first kappa shape index (κ1) is 16.2. The van der Waals surface area contributed by atoms with Crippen LogP contribution in [0.5, 0.6) is 5.75 Å². The molecular weight excluding hydrogens is 256 g/mol. The lowest BCUT2D eigenvalue weighted by Gasteiger charge is -2.15. The highest BCUT2D eigenvalue weighted by Gasteiger charge is 2.04. The van der Waals surface area contributed by atoms with Crippen molar-refractivity contribution < 1.29 is 19.0 Å². The summed E-state index contributed by atoms with van der Waals surface area (Å²) in [5.74, 6) is 0.314. The van der Waals surface area contributed by atoms with Crippen LogP contribution in [0, 0.1) is 0 Å². The van der Waals surface area contributed by atoms with E-state index in [4.69, 9.17) is 14.2 Å². The van der Waals surface area contributed by atoms with Crippen LogP contribution in [-0.2, 0) is 20.7 Å². The summed E-state index contributed by atoms with van der Waals surface area (Å²) in [5.41, 5.74) is 1.30. The van der Waals surface area contributed by atoms with Gasteiger partial charge in [0.1, 0.15) is 12.4 Å². The van der Waals surface area contributed by atoms with Crippen LogP contribution in [0.15, 0.2) is 36.9 Å². The zero-order valence-corrected chi connectivity index (χ0v) is 12.1. The normalized spacial score (nSPS) is 11.7. The van der Waals surface area contributed by atoms with Crippen molar-refractivity contribution >= 4 is 5.97 Å². The molecule has 0 radical (unpaired) electrons. The lowest BCUT2D eigenvalue weighted by Crippen LogP contribution is -2.19. The minimum Gasteiger partial charge on any atom is -0.465 e. The van der Waals surface area contributed by atoms with E-state index < -0.39 is 12.3 Å². The Morgan fingerprint density at radius 3 is 2.60 bits per heavy atom. The maximum Gasteiger partial charge on any atom is 0.330 e. The van der Waals surface area contributed by atoms with Crippen LogP contribution in [0.3, 0.4) is 0 Å². The van der Waals surface area contributed by atoms with Crippen molar-refractivity contribution in [3.63, 3.8) is 0 Å². The summed E-state index contributed by atoms with van der Waals surface area (Å²) < 4.78 is 15.8. The monoisotopic (exact) mass is 278 g/mol. The van der Waals surface area contributed by atoms with Crippen LogP contribution >= 0.6 is 0 Å². The molecule has 4 nitrogen and oxygen atoms in total. The molecule has 0 amide bonds. The van der Waals surface area contributed by atoms with Crippen molar-refractivity contribution in [3.8, 4) is 5.75 Å². The van der Waals surface area contributed by atoms with Gasteiger partial charge in [-0.1, -0.05) is 32.1 Å². The molecule has 0 aliphatic heterocycles. The molecule has 0 aromatic heterocycles. The summed E-state index contributed by atoms with van der Waals surface area (Å²) in [6.07, 6.45) is 2.93. The van der Waals surface area contributed by atoms with Gasteiger partial charge in [-0.25, -0.2) is 4.79 Å². The van der Waals surface area contributed by atoms with E-state index >= 15 is 0 Å². The number of hydrogen-bond donors (Lipinski definition) is 0. The van der Waals surface area contributed by atoms with Gasteiger partial charge in [0.25, 0.3) is 0 Å². The van der Waals surface area contributed by atoms with Gasteiger partial charge in [0.05, 0.1) is 6.61 Å². The molecule has 0 bridgehead atoms. The average Bonchev–Trinajstić information content (AvgIpc) is 2.45. The highest BCUT2D eigenvalue weighted by atomic mass is 16.7. The number of aryl methyl sites for hydroxylation is 1. The maximum atomic E-state index is 10.8. The summed E-state index contributed by atoms with van der Waals surface area (Å²) in [4.78, 5) is 10.8. The molecule has 1 aromatic carbocycles. The minimum atomic E-state index is -0.450. The lowest BCUT2D eigenvalue weighted by molar-refractivity contribution is -0.142. The molecule has 1 atom stereocenters. The minimum absolute atomic E-state index is 0.188. The summed E-state index contributed by atoms with van der Waals surface area (Å²) in [5, 5.41) is 0. The summed E-state index contributed by atoms with van der Waals surface area (Å²) in [6, 6.07) is 7.97. The van der Waals surface area contributed by atoms with Gasteiger partial charge in [-0.15, -0.1) is 0 Å². The van der Waals surface area contributed by atoms with Crippen molar-refractivity contribution in [1.29, 1.82) is 0 Å². The van der Waals surface area contributed by atoms with Crippen LogP contribution in [0.1, 0.15) is 25.8 Å². The molecule has 0 fully saturated rings. The summed E-state index contributed by atoms with van der Waals surface area (Å²) in [6.45, 7) is 7.74. The van der Waals surface area contributed by atoms with E-state index in [-0.39, 0.29) is 13.2 Å². The first-order valence-corrected chi connectivity index (χ1v) is 6.82. The molecule has 20 heavy (non-hydrogen) atoms.